The van der Waals surface area contributed by atoms with Gasteiger partial charge in [0.1, 0.15) is 18.4 Å². The van der Waals surface area contributed by atoms with Gasteiger partial charge >= 0.3 is 5.97 Å². The van der Waals surface area contributed by atoms with Crippen LogP contribution in [0.1, 0.15) is 29.0 Å². The van der Waals surface area contributed by atoms with E-state index < -0.39 is 12.0 Å². The van der Waals surface area contributed by atoms with Crippen LogP contribution < -0.4 is 19.6 Å². The number of esters is 1. The van der Waals surface area contributed by atoms with Crippen molar-refractivity contribution in [1.82, 2.24) is 4.57 Å². The molecule has 0 spiro atoms. The van der Waals surface area contributed by atoms with E-state index in [1.807, 2.05) is 78.2 Å². The maximum Gasteiger partial charge on any atom is 0.338 e. The highest BCUT2D eigenvalue weighted by Gasteiger charge is 2.34. The van der Waals surface area contributed by atoms with E-state index in [1.165, 1.54) is 22.7 Å². The molecule has 1 aliphatic rings. The van der Waals surface area contributed by atoms with E-state index in [0.29, 0.717) is 26.4 Å². The third-order valence-electron chi connectivity index (χ3n) is 5.66. The molecule has 0 amide bonds. The van der Waals surface area contributed by atoms with Crippen molar-refractivity contribution in [2.24, 2.45) is 4.99 Å². The lowest BCUT2D eigenvalue weighted by Gasteiger charge is -2.23. The third-order valence-corrected chi connectivity index (χ3v) is 7.57. The first kappa shape index (κ1) is 23.0. The van der Waals surface area contributed by atoms with Gasteiger partial charge in [-0.25, -0.2) is 9.79 Å². The molecule has 0 unspecified atom stereocenters. The summed E-state index contributed by atoms with van der Waals surface area (Å²) in [7, 11) is 1.61. The minimum Gasteiger partial charge on any atom is -0.497 e. The Bertz CT molecular complexity index is 1580. The Morgan fingerprint density at radius 1 is 1.11 bits per heavy atom. The molecule has 0 fully saturated rings. The zero-order chi connectivity index (χ0) is 24.4. The lowest BCUT2D eigenvalue weighted by atomic mass is 10.0. The maximum absolute atomic E-state index is 13.6. The zero-order valence-electron chi connectivity index (χ0n) is 19.1. The lowest BCUT2D eigenvalue weighted by Crippen LogP contribution is -2.39. The number of carbonyl (C=O) groups is 1. The Kier molecular flexibility index (Phi) is 6.48. The summed E-state index contributed by atoms with van der Waals surface area (Å²) in [5, 5.41) is 1.93. The van der Waals surface area contributed by atoms with Gasteiger partial charge in [0, 0.05) is 4.88 Å². The molecule has 4 aromatic rings. The van der Waals surface area contributed by atoms with E-state index in [4.69, 9.17) is 9.47 Å². The summed E-state index contributed by atoms with van der Waals surface area (Å²) < 4.78 is 13.1. The molecule has 8 heteroatoms. The van der Waals surface area contributed by atoms with E-state index in [2.05, 4.69) is 4.99 Å². The smallest absolute Gasteiger partial charge is 0.338 e. The van der Waals surface area contributed by atoms with Gasteiger partial charge in [-0.2, -0.15) is 0 Å². The number of carbonyl (C=O) groups excluding carboxylic acids is 1. The summed E-state index contributed by atoms with van der Waals surface area (Å²) in [6, 6.07) is 20.3. The number of thiophene rings is 1. The van der Waals surface area contributed by atoms with Gasteiger partial charge in [-0.15, -0.1) is 11.3 Å². The van der Waals surface area contributed by atoms with E-state index >= 15 is 0 Å². The molecular weight excluding hydrogens is 480 g/mol. The summed E-state index contributed by atoms with van der Waals surface area (Å²) in [5.41, 5.74) is 2.47. The van der Waals surface area contributed by atoms with E-state index in [0.717, 1.165) is 16.0 Å². The van der Waals surface area contributed by atoms with E-state index in [-0.39, 0.29) is 12.2 Å². The molecule has 35 heavy (non-hydrogen) atoms. The fourth-order valence-electron chi connectivity index (χ4n) is 3.98. The second kappa shape index (κ2) is 9.85. The van der Waals surface area contributed by atoms with Crippen LogP contribution in [0.2, 0.25) is 0 Å². The molecule has 1 atom stereocenters. The number of fused-ring (bicyclic) bond motifs is 1. The van der Waals surface area contributed by atoms with E-state index in [1.54, 1.807) is 18.6 Å². The van der Waals surface area contributed by atoms with Crippen LogP contribution >= 0.6 is 22.7 Å². The molecule has 0 aliphatic carbocycles. The number of benzene rings is 2. The fourth-order valence-corrected chi connectivity index (χ4v) is 5.85. The zero-order valence-corrected chi connectivity index (χ0v) is 20.8. The van der Waals surface area contributed by atoms with Crippen LogP contribution in [0.25, 0.3) is 6.08 Å². The average Bonchev–Trinajstić information content (AvgIpc) is 3.51. The van der Waals surface area contributed by atoms with Gasteiger partial charge in [-0.3, -0.25) is 9.36 Å². The molecule has 0 saturated carbocycles. The quantitative estimate of drug-likeness (QED) is 0.373. The summed E-state index contributed by atoms with van der Waals surface area (Å²) in [4.78, 5) is 33.0. The Balaban J connectivity index is 1.58. The molecule has 0 bridgehead atoms. The molecule has 0 radical (unpaired) electrons. The van der Waals surface area contributed by atoms with Crippen LogP contribution in [-0.2, 0) is 16.1 Å². The van der Waals surface area contributed by atoms with Crippen molar-refractivity contribution < 1.29 is 14.3 Å². The predicted molar refractivity (Wildman–Crippen MR) is 137 cm³/mol. The van der Waals surface area contributed by atoms with Crippen LogP contribution in [0.15, 0.2) is 93.2 Å². The largest absolute Gasteiger partial charge is 0.497 e. The van der Waals surface area contributed by atoms with Gasteiger partial charge in [0.15, 0.2) is 4.80 Å². The van der Waals surface area contributed by atoms with Crippen molar-refractivity contribution >= 4 is 34.7 Å². The van der Waals surface area contributed by atoms with Crippen molar-refractivity contribution in [2.75, 3.05) is 7.11 Å². The number of rotatable bonds is 6. The fraction of sp³-hybridized carbons (Fsp3) is 0.148. The van der Waals surface area contributed by atoms with Gasteiger partial charge in [0.05, 0.1) is 22.9 Å². The highest BCUT2D eigenvalue weighted by molar-refractivity contribution is 7.10. The standard InChI is InChI=1S/C27H22N2O4S2/c1-17-23(26(31)33-16-18-8-4-3-5-9-18)24(21-12-7-13-34-21)29-25(30)22(35-27(29)28-17)15-19-10-6-11-20(14-19)32-2/h3-15,24H,16H2,1-2H3/b22-15-/t24-/m1/s1. The first-order valence-electron chi connectivity index (χ1n) is 11.0. The topological polar surface area (TPSA) is 69.9 Å². The SMILES string of the molecule is COc1cccc(/C=c2\sc3n(c2=O)[C@H](c2cccs2)C(C(=O)OCc2ccccc2)=C(C)N=3)c1. The van der Waals surface area contributed by atoms with Crippen molar-refractivity contribution in [3.05, 3.63) is 119 Å². The van der Waals surface area contributed by atoms with Gasteiger partial charge < -0.3 is 9.47 Å². The first-order chi connectivity index (χ1) is 17.0. The minimum atomic E-state index is -0.595. The van der Waals surface area contributed by atoms with Crippen molar-refractivity contribution in [3.8, 4) is 5.75 Å². The summed E-state index contributed by atoms with van der Waals surface area (Å²) in [6.07, 6.45) is 1.82. The van der Waals surface area contributed by atoms with Gasteiger partial charge in [0.2, 0.25) is 0 Å². The van der Waals surface area contributed by atoms with Crippen LogP contribution in [0.5, 0.6) is 5.75 Å². The number of nitrogens with zero attached hydrogens (tertiary/aromatic N) is 2. The summed E-state index contributed by atoms with van der Waals surface area (Å²) >= 11 is 2.80. The van der Waals surface area contributed by atoms with Crippen molar-refractivity contribution in [2.45, 2.75) is 19.6 Å². The first-order valence-corrected chi connectivity index (χ1v) is 12.7. The summed E-state index contributed by atoms with van der Waals surface area (Å²) in [5.74, 6) is 0.234. The van der Waals surface area contributed by atoms with E-state index in [9.17, 15) is 9.59 Å². The Morgan fingerprint density at radius 3 is 2.69 bits per heavy atom. The number of hydrogen-bond acceptors (Lipinski definition) is 7. The van der Waals surface area contributed by atoms with Gasteiger partial charge in [0.25, 0.3) is 5.56 Å². The lowest BCUT2D eigenvalue weighted by molar-refractivity contribution is -0.140. The molecule has 5 rings (SSSR count). The molecule has 6 nitrogen and oxygen atoms in total. The Hall–Kier alpha value is -3.75. The maximum atomic E-state index is 13.6. The average molecular weight is 503 g/mol. The van der Waals surface area contributed by atoms with Crippen LogP contribution in [0, 0.1) is 0 Å². The van der Waals surface area contributed by atoms with Crippen LogP contribution in [-0.4, -0.2) is 17.6 Å². The molecule has 176 valence electrons. The highest BCUT2D eigenvalue weighted by atomic mass is 32.1. The minimum absolute atomic E-state index is 0.147. The number of aromatic nitrogens is 1. The highest BCUT2D eigenvalue weighted by Crippen LogP contribution is 2.33. The van der Waals surface area contributed by atoms with Crippen LogP contribution in [0.3, 0.4) is 0 Å². The Morgan fingerprint density at radius 2 is 1.94 bits per heavy atom. The molecule has 0 N–H and O–H groups in total. The van der Waals surface area contributed by atoms with Gasteiger partial charge in [-0.1, -0.05) is 59.9 Å². The van der Waals surface area contributed by atoms with Crippen LogP contribution in [0.4, 0.5) is 0 Å². The third kappa shape index (κ3) is 4.62. The Labute approximate surface area is 209 Å². The second-order valence-corrected chi connectivity index (χ2v) is 9.92. The van der Waals surface area contributed by atoms with Crippen molar-refractivity contribution in [3.63, 3.8) is 0 Å². The van der Waals surface area contributed by atoms with Crippen molar-refractivity contribution in [1.29, 1.82) is 0 Å². The normalized spacial score (nSPS) is 15.5. The monoisotopic (exact) mass is 502 g/mol. The second-order valence-electron chi connectivity index (χ2n) is 7.94. The molecule has 0 saturated heterocycles. The summed E-state index contributed by atoms with van der Waals surface area (Å²) in [6.45, 7) is 1.94. The predicted octanol–water partition coefficient (Wildman–Crippen LogP) is 4.05. The number of ether oxygens (including phenoxy) is 2. The molecule has 1 aliphatic heterocycles. The molecule has 2 aromatic heterocycles. The molecule has 2 aromatic carbocycles. The number of allylic oxidation sites excluding steroid dienone is 1. The molecular formula is C27H22N2O4S2. The molecule has 3 heterocycles. The number of methoxy groups -OCH3 is 1. The number of hydrogen-bond donors (Lipinski definition) is 0. The van der Waals surface area contributed by atoms with Gasteiger partial charge in [-0.05, 0) is 47.7 Å². The number of thiazole rings is 1.